The number of hydrogen-bond donors (Lipinski definition) is 9. The first-order valence-electron chi connectivity index (χ1n) is 13.1. The van der Waals surface area contributed by atoms with Crippen LogP contribution in [0.5, 0.6) is 5.75 Å². The van der Waals surface area contributed by atoms with Gasteiger partial charge in [0.15, 0.2) is 0 Å². The second-order valence-electron chi connectivity index (χ2n) is 9.57. The zero-order valence-electron chi connectivity index (χ0n) is 22.5. The smallest absolute Gasteiger partial charge is 0.326 e. The Labute approximate surface area is 236 Å². The maximum Gasteiger partial charge on any atom is 0.326 e. The number of phenols is 1. The van der Waals surface area contributed by atoms with Gasteiger partial charge < -0.3 is 48.3 Å². The van der Waals surface area contributed by atoms with E-state index in [2.05, 4.69) is 25.9 Å². The number of rotatable bonds is 18. The van der Waals surface area contributed by atoms with Gasteiger partial charge in [-0.05, 0) is 49.9 Å². The third kappa shape index (κ3) is 11.6. The monoisotopic (exact) mass is 574 g/mol. The molecule has 41 heavy (non-hydrogen) atoms. The lowest BCUT2D eigenvalue weighted by Gasteiger charge is -2.25. The van der Waals surface area contributed by atoms with Crippen LogP contribution in [0.1, 0.15) is 43.4 Å². The number of aliphatic carboxylic acids is 1. The quantitative estimate of drug-likeness (QED) is 0.0897. The normalized spacial score (nSPS) is 13.8. The third-order valence-electron chi connectivity index (χ3n) is 6.21. The predicted octanol–water partition coefficient (Wildman–Crippen LogP) is -1.84. The van der Waals surface area contributed by atoms with Crippen LogP contribution in [-0.2, 0) is 36.8 Å². The van der Waals surface area contributed by atoms with Gasteiger partial charge in [-0.25, -0.2) is 9.78 Å². The summed E-state index contributed by atoms with van der Waals surface area (Å²) >= 11 is 0. The number of hydrogen-bond acceptors (Lipinski definition) is 9. The van der Waals surface area contributed by atoms with Crippen molar-refractivity contribution in [2.45, 2.75) is 69.1 Å². The van der Waals surface area contributed by atoms with Crippen molar-refractivity contribution in [1.82, 2.24) is 25.9 Å². The number of carboxylic acids is 1. The van der Waals surface area contributed by atoms with E-state index in [0.717, 1.165) is 0 Å². The Morgan fingerprint density at radius 1 is 0.878 bits per heavy atom. The molecule has 4 amide bonds. The molecule has 1 heterocycles. The standard InChI is InChI=1S/C26H38N8O7/c27-10-2-1-3-19(24(38)33-20(26(40)41)8-9-22(29)36)32-25(39)21(11-15-4-6-17(35)7-5-15)34-23(37)18(28)12-16-13-30-14-31-16/h4-7,13-14,18-21,35H,1-3,8-12,27-28H2,(H2,29,36)(H,30,31)(H,32,39)(H,33,38)(H,34,37)(H,40,41). The molecule has 0 saturated heterocycles. The highest BCUT2D eigenvalue weighted by Crippen LogP contribution is 2.12. The number of nitrogens with zero attached hydrogens (tertiary/aromatic N) is 1. The first kappa shape index (κ1) is 32.7. The molecule has 0 fully saturated rings. The molecule has 4 atom stereocenters. The van der Waals surface area contributed by atoms with E-state index in [9.17, 15) is 34.2 Å². The number of unbranched alkanes of at least 4 members (excludes halogenated alkanes) is 1. The van der Waals surface area contributed by atoms with Gasteiger partial charge in [-0.1, -0.05) is 12.1 Å². The van der Waals surface area contributed by atoms with E-state index in [4.69, 9.17) is 17.2 Å². The van der Waals surface area contributed by atoms with Crippen LogP contribution in [0.2, 0.25) is 0 Å². The van der Waals surface area contributed by atoms with E-state index in [-0.39, 0.29) is 37.9 Å². The van der Waals surface area contributed by atoms with Gasteiger partial charge in [0, 0.05) is 31.2 Å². The number of amides is 4. The van der Waals surface area contributed by atoms with Crippen LogP contribution in [0.4, 0.5) is 0 Å². The number of aromatic hydroxyl groups is 1. The Kier molecular flexibility index (Phi) is 13.2. The Balaban J connectivity index is 2.22. The van der Waals surface area contributed by atoms with Gasteiger partial charge in [-0.3, -0.25) is 19.2 Å². The zero-order valence-corrected chi connectivity index (χ0v) is 22.5. The van der Waals surface area contributed by atoms with E-state index in [1.807, 2.05) is 0 Å². The van der Waals surface area contributed by atoms with E-state index in [1.165, 1.54) is 24.7 Å². The van der Waals surface area contributed by atoms with Gasteiger partial charge in [-0.2, -0.15) is 0 Å². The summed E-state index contributed by atoms with van der Waals surface area (Å²) in [5, 5.41) is 26.7. The summed E-state index contributed by atoms with van der Waals surface area (Å²) in [7, 11) is 0. The van der Waals surface area contributed by atoms with Crippen molar-refractivity contribution in [2.24, 2.45) is 17.2 Å². The summed E-state index contributed by atoms with van der Waals surface area (Å²) in [5.74, 6) is -4.19. The lowest BCUT2D eigenvalue weighted by Crippen LogP contribution is -2.57. The number of carboxylic acid groups (broad SMARTS) is 1. The highest BCUT2D eigenvalue weighted by molar-refractivity contribution is 5.94. The number of benzene rings is 1. The molecular weight excluding hydrogens is 536 g/mol. The number of phenolic OH excluding ortho intramolecular Hbond substituents is 1. The molecule has 0 radical (unpaired) electrons. The van der Waals surface area contributed by atoms with Gasteiger partial charge in [0.1, 0.15) is 23.9 Å². The number of primary amides is 1. The highest BCUT2D eigenvalue weighted by Gasteiger charge is 2.30. The maximum absolute atomic E-state index is 13.5. The molecule has 15 heteroatoms. The van der Waals surface area contributed by atoms with Crippen LogP contribution in [0.3, 0.4) is 0 Å². The number of aromatic amines is 1. The van der Waals surface area contributed by atoms with Crippen LogP contribution in [-0.4, -0.2) is 80.5 Å². The number of nitrogens with one attached hydrogen (secondary N) is 4. The summed E-state index contributed by atoms with van der Waals surface area (Å²) in [6.45, 7) is 0.340. The average molecular weight is 575 g/mol. The van der Waals surface area contributed by atoms with Gasteiger partial charge in [-0.15, -0.1) is 0 Å². The van der Waals surface area contributed by atoms with Gasteiger partial charge in [0.05, 0.1) is 12.4 Å². The number of nitrogens with two attached hydrogens (primary N) is 3. The van der Waals surface area contributed by atoms with Crippen molar-refractivity contribution in [2.75, 3.05) is 6.54 Å². The Morgan fingerprint density at radius 3 is 2.10 bits per heavy atom. The third-order valence-corrected chi connectivity index (χ3v) is 6.21. The summed E-state index contributed by atoms with van der Waals surface area (Å²) in [5.41, 5.74) is 17.9. The van der Waals surface area contributed by atoms with Crippen molar-refractivity contribution >= 4 is 29.6 Å². The molecule has 0 aliphatic rings. The topological polar surface area (TPSA) is 269 Å². The molecule has 12 N–H and O–H groups in total. The fraction of sp³-hybridized carbons (Fsp3) is 0.462. The number of carbonyl (C=O) groups excluding carboxylic acids is 4. The molecule has 2 aromatic rings. The zero-order chi connectivity index (χ0) is 30.4. The Bertz CT molecular complexity index is 1160. The molecule has 1 aromatic heterocycles. The van der Waals surface area contributed by atoms with Gasteiger partial charge >= 0.3 is 5.97 Å². The second kappa shape index (κ2) is 16.6. The summed E-state index contributed by atoms with van der Waals surface area (Å²) in [6.07, 6.45) is 3.72. The molecule has 0 aliphatic heterocycles. The molecule has 0 spiro atoms. The van der Waals surface area contributed by atoms with Gasteiger partial charge in [0.25, 0.3) is 0 Å². The summed E-state index contributed by atoms with van der Waals surface area (Å²) in [4.78, 5) is 68.9. The van der Waals surface area contributed by atoms with E-state index in [0.29, 0.717) is 30.6 Å². The molecular formula is C26H38N8O7. The van der Waals surface area contributed by atoms with Crippen molar-refractivity contribution in [3.63, 3.8) is 0 Å². The SMILES string of the molecule is NCCCCC(NC(=O)C(Cc1ccc(O)cc1)NC(=O)C(N)Cc1cnc[nH]1)C(=O)NC(CCC(N)=O)C(=O)O. The highest BCUT2D eigenvalue weighted by atomic mass is 16.4. The molecule has 0 bridgehead atoms. The summed E-state index contributed by atoms with van der Waals surface area (Å²) in [6, 6.07) is 1.25. The minimum atomic E-state index is -1.41. The van der Waals surface area contributed by atoms with Crippen molar-refractivity contribution in [1.29, 1.82) is 0 Å². The number of carbonyl (C=O) groups is 5. The van der Waals surface area contributed by atoms with Crippen LogP contribution >= 0.6 is 0 Å². The fourth-order valence-electron chi connectivity index (χ4n) is 3.93. The summed E-state index contributed by atoms with van der Waals surface area (Å²) < 4.78 is 0. The number of imidazole rings is 1. The van der Waals surface area contributed by atoms with Gasteiger partial charge in [0.2, 0.25) is 23.6 Å². The van der Waals surface area contributed by atoms with Crippen molar-refractivity contribution in [3.8, 4) is 5.75 Å². The van der Waals surface area contributed by atoms with E-state index >= 15 is 0 Å². The second-order valence-corrected chi connectivity index (χ2v) is 9.57. The Hall–Kier alpha value is -4.50. The molecule has 4 unspecified atom stereocenters. The van der Waals surface area contributed by atoms with E-state index in [1.54, 1.807) is 12.1 Å². The average Bonchev–Trinajstić information content (AvgIpc) is 3.43. The molecule has 0 saturated carbocycles. The maximum atomic E-state index is 13.5. The molecule has 1 aromatic carbocycles. The number of H-pyrrole nitrogens is 1. The van der Waals surface area contributed by atoms with E-state index < -0.39 is 53.8 Å². The van der Waals surface area contributed by atoms with Crippen molar-refractivity contribution in [3.05, 3.63) is 48.0 Å². The Morgan fingerprint density at radius 2 is 1.51 bits per heavy atom. The fourth-order valence-corrected chi connectivity index (χ4v) is 3.93. The minimum Gasteiger partial charge on any atom is -0.508 e. The predicted molar refractivity (Wildman–Crippen MR) is 147 cm³/mol. The van der Waals surface area contributed by atoms with Crippen LogP contribution in [0, 0.1) is 0 Å². The lowest BCUT2D eigenvalue weighted by atomic mass is 10.0. The first-order chi connectivity index (χ1) is 19.5. The number of aromatic nitrogens is 2. The first-order valence-corrected chi connectivity index (χ1v) is 13.1. The van der Waals surface area contributed by atoms with Crippen LogP contribution < -0.4 is 33.2 Å². The van der Waals surface area contributed by atoms with Crippen LogP contribution in [0.15, 0.2) is 36.8 Å². The van der Waals surface area contributed by atoms with Crippen LogP contribution in [0.25, 0.3) is 0 Å². The largest absolute Gasteiger partial charge is 0.508 e. The molecule has 2 rings (SSSR count). The molecule has 0 aliphatic carbocycles. The molecule has 224 valence electrons. The lowest BCUT2D eigenvalue weighted by molar-refractivity contribution is -0.142. The van der Waals surface area contributed by atoms with Crippen molar-refractivity contribution < 1.29 is 34.2 Å². The molecule has 15 nitrogen and oxygen atoms in total. The minimum absolute atomic E-state index is 0.00212.